The summed E-state index contributed by atoms with van der Waals surface area (Å²) >= 11 is 1.39. The first-order valence-corrected chi connectivity index (χ1v) is 7.40. The molecule has 1 rings (SSSR count). The molecule has 0 saturated carbocycles. The van der Waals surface area contributed by atoms with E-state index in [1.165, 1.54) is 18.4 Å². The van der Waals surface area contributed by atoms with Crippen LogP contribution in [0.15, 0.2) is 5.38 Å². The van der Waals surface area contributed by atoms with Gasteiger partial charge in [-0.2, -0.15) is 0 Å². The van der Waals surface area contributed by atoms with E-state index in [9.17, 15) is 9.59 Å². The zero-order valence-electron chi connectivity index (χ0n) is 12.1. The molecule has 0 aliphatic heterocycles. The monoisotopic (exact) mass is 299 g/mol. The second kappa shape index (κ2) is 7.35. The summed E-state index contributed by atoms with van der Waals surface area (Å²) < 4.78 is 4.76. The van der Waals surface area contributed by atoms with Gasteiger partial charge >= 0.3 is 5.97 Å². The number of nitrogens with one attached hydrogen (secondary N) is 1. The fourth-order valence-electron chi connectivity index (χ4n) is 1.91. The fourth-order valence-corrected chi connectivity index (χ4v) is 2.70. The Bertz CT molecular complexity index is 475. The third-order valence-electron chi connectivity index (χ3n) is 2.92. The van der Waals surface area contributed by atoms with Crippen molar-refractivity contribution < 1.29 is 14.3 Å². The molecule has 0 saturated heterocycles. The second-order valence-corrected chi connectivity index (χ2v) is 5.64. The van der Waals surface area contributed by atoms with Gasteiger partial charge in [-0.1, -0.05) is 13.3 Å². The van der Waals surface area contributed by atoms with Gasteiger partial charge in [0.15, 0.2) is 0 Å². The minimum absolute atomic E-state index is 0.310. The molecule has 0 fully saturated rings. The standard InChI is InChI=1S/C13H21N3O3S/c1-4-6-13(2,12(18)19-3)16-11(17)9-8-20-10(15-9)5-7-14/h8H,4-7,14H2,1-3H3,(H,16,17). The highest BCUT2D eigenvalue weighted by atomic mass is 32.1. The number of hydrogen-bond acceptors (Lipinski definition) is 6. The molecule has 0 bridgehead atoms. The maximum atomic E-state index is 12.2. The zero-order valence-corrected chi connectivity index (χ0v) is 12.9. The lowest BCUT2D eigenvalue weighted by Crippen LogP contribution is -2.52. The van der Waals surface area contributed by atoms with Crippen LogP contribution < -0.4 is 11.1 Å². The van der Waals surface area contributed by atoms with Gasteiger partial charge in [-0.05, 0) is 19.9 Å². The average molecular weight is 299 g/mol. The number of rotatable bonds is 7. The van der Waals surface area contributed by atoms with Crippen molar-refractivity contribution in [2.75, 3.05) is 13.7 Å². The van der Waals surface area contributed by atoms with Gasteiger partial charge in [-0.3, -0.25) is 4.79 Å². The van der Waals surface area contributed by atoms with Crippen molar-refractivity contribution in [3.63, 3.8) is 0 Å². The number of nitrogens with zero attached hydrogens (tertiary/aromatic N) is 1. The number of ether oxygens (including phenoxy) is 1. The molecule has 3 N–H and O–H groups in total. The Hall–Kier alpha value is -1.47. The fraction of sp³-hybridized carbons (Fsp3) is 0.615. The molecule has 0 aliphatic carbocycles. The van der Waals surface area contributed by atoms with Gasteiger partial charge in [-0.15, -0.1) is 11.3 Å². The molecule has 1 aromatic rings. The van der Waals surface area contributed by atoms with Crippen LogP contribution >= 0.6 is 11.3 Å². The van der Waals surface area contributed by atoms with E-state index in [0.29, 0.717) is 25.1 Å². The van der Waals surface area contributed by atoms with Gasteiger partial charge in [0, 0.05) is 11.8 Å². The Morgan fingerprint density at radius 3 is 2.80 bits per heavy atom. The molecular formula is C13H21N3O3S. The number of hydrogen-bond donors (Lipinski definition) is 2. The summed E-state index contributed by atoms with van der Waals surface area (Å²) in [5, 5.41) is 5.20. The van der Waals surface area contributed by atoms with Crippen LogP contribution in [0.25, 0.3) is 0 Å². The molecule has 7 heteroatoms. The molecule has 1 amide bonds. The molecule has 0 aliphatic rings. The average Bonchev–Trinajstić information content (AvgIpc) is 2.87. The highest BCUT2D eigenvalue weighted by Gasteiger charge is 2.35. The molecule has 0 spiro atoms. The predicted octanol–water partition coefficient (Wildman–Crippen LogP) is 1.11. The van der Waals surface area contributed by atoms with E-state index in [1.54, 1.807) is 12.3 Å². The highest BCUT2D eigenvalue weighted by Crippen LogP contribution is 2.16. The lowest BCUT2D eigenvalue weighted by Gasteiger charge is -2.27. The van der Waals surface area contributed by atoms with Crippen LogP contribution in [-0.2, 0) is 16.0 Å². The summed E-state index contributed by atoms with van der Waals surface area (Å²) in [6.07, 6.45) is 1.90. The van der Waals surface area contributed by atoms with Gasteiger partial charge in [0.05, 0.1) is 12.1 Å². The number of nitrogens with two attached hydrogens (primary N) is 1. The Kier molecular flexibility index (Phi) is 6.09. The Morgan fingerprint density at radius 2 is 2.25 bits per heavy atom. The quantitative estimate of drug-likeness (QED) is 0.735. The van der Waals surface area contributed by atoms with Crippen LogP contribution in [0.3, 0.4) is 0 Å². The molecule has 20 heavy (non-hydrogen) atoms. The minimum atomic E-state index is -1.03. The Morgan fingerprint density at radius 1 is 1.55 bits per heavy atom. The van der Waals surface area contributed by atoms with Crippen molar-refractivity contribution in [2.45, 2.75) is 38.6 Å². The third-order valence-corrected chi connectivity index (χ3v) is 3.83. The first-order chi connectivity index (χ1) is 9.46. The SMILES string of the molecule is CCCC(C)(NC(=O)c1csc(CCN)n1)C(=O)OC. The number of thiazole rings is 1. The van der Waals surface area contributed by atoms with Gasteiger partial charge in [0.2, 0.25) is 0 Å². The van der Waals surface area contributed by atoms with E-state index in [1.807, 2.05) is 6.92 Å². The van der Waals surface area contributed by atoms with E-state index in [4.69, 9.17) is 10.5 Å². The van der Waals surface area contributed by atoms with Crippen LogP contribution in [0.2, 0.25) is 0 Å². The molecule has 112 valence electrons. The van der Waals surface area contributed by atoms with Gasteiger partial charge in [0.25, 0.3) is 5.91 Å². The van der Waals surface area contributed by atoms with Crippen LogP contribution in [0.4, 0.5) is 0 Å². The normalized spacial score (nSPS) is 13.6. The van der Waals surface area contributed by atoms with Crippen molar-refractivity contribution in [1.29, 1.82) is 0 Å². The number of carbonyl (C=O) groups excluding carboxylic acids is 2. The summed E-state index contributed by atoms with van der Waals surface area (Å²) in [5.41, 5.74) is 4.73. The van der Waals surface area contributed by atoms with Crippen molar-refractivity contribution in [3.8, 4) is 0 Å². The van der Waals surface area contributed by atoms with Gasteiger partial charge < -0.3 is 15.8 Å². The summed E-state index contributed by atoms with van der Waals surface area (Å²) in [4.78, 5) is 28.2. The number of methoxy groups -OCH3 is 1. The number of carbonyl (C=O) groups is 2. The van der Waals surface area contributed by atoms with Crippen molar-refractivity contribution in [2.24, 2.45) is 5.73 Å². The summed E-state index contributed by atoms with van der Waals surface area (Å²) in [5.74, 6) is -0.823. The van der Waals surface area contributed by atoms with Crippen LogP contribution in [0.1, 0.15) is 42.2 Å². The van der Waals surface area contributed by atoms with E-state index in [0.717, 1.165) is 11.4 Å². The second-order valence-electron chi connectivity index (χ2n) is 4.69. The lowest BCUT2D eigenvalue weighted by molar-refractivity contribution is -0.147. The summed E-state index contributed by atoms with van der Waals surface area (Å²) in [7, 11) is 1.31. The highest BCUT2D eigenvalue weighted by molar-refractivity contribution is 7.09. The maximum absolute atomic E-state index is 12.2. The third kappa shape index (κ3) is 4.01. The molecule has 1 atom stereocenters. The first kappa shape index (κ1) is 16.6. The molecule has 1 heterocycles. The number of esters is 1. The lowest BCUT2D eigenvalue weighted by atomic mass is 9.96. The number of amides is 1. The Labute approximate surface area is 122 Å². The maximum Gasteiger partial charge on any atom is 0.331 e. The van der Waals surface area contributed by atoms with Gasteiger partial charge in [-0.25, -0.2) is 9.78 Å². The minimum Gasteiger partial charge on any atom is -0.467 e. The van der Waals surface area contributed by atoms with Crippen LogP contribution in [0.5, 0.6) is 0 Å². The molecule has 1 aromatic heterocycles. The van der Waals surface area contributed by atoms with Crippen molar-refractivity contribution in [1.82, 2.24) is 10.3 Å². The predicted molar refractivity (Wildman–Crippen MR) is 77.7 cm³/mol. The summed E-state index contributed by atoms with van der Waals surface area (Å²) in [6.45, 7) is 4.09. The van der Waals surface area contributed by atoms with E-state index in [2.05, 4.69) is 10.3 Å². The molecule has 0 aromatic carbocycles. The first-order valence-electron chi connectivity index (χ1n) is 6.52. The van der Waals surface area contributed by atoms with E-state index in [-0.39, 0.29) is 5.91 Å². The molecule has 1 unspecified atom stereocenters. The zero-order chi connectivity index (χ0) is 15.2. The van der Waals surface area contributed by atoms with E-state index < -0.39 is 11.5 Å². The topological polar surface area (TPSA) is 94.3 Å². The van der Waals surface area contributed by atoms with Crippen LogP contribution in [-0.4, -0.2) is 36.1 Å². The molecule has 6 nitrogen and oxygen atoms in total. The van der Waals surface area contributed by atoms with Crippen LogP contribution in [0, 0.1) is 0 Å². The Balaban J connectivity index is 2.82. The molecule has 0 radical (unpaired) electrons. The largest absolute Gasteiger partial charge is 0.467 e. The van der Waals surface area contributed by atoms with E-state index >= 15 is 0 Å². The van der Waals surface area contributed by atoms with Crippen molar-refractivity contribution >= 4 is 23.2 Å². The van der Waals surface area contributed by atoms with Crippen molar-refractivity contribution in [3.05, 3.63) is 16.1 Å². The molecular weight excluding hydrogens is 278 g/mol. The number of aromatic nitrogens is 1. The summed E-state index contributed by atoms with van der Waals surface area (Å²) in [6, 6.07) is 0. The smallest absolute Gasteiger partial charge is 0.331 e. The van der Waals surface area contributed by atoms with Gasteiger partial charge in [0.1, 0.15) is 11.2 Å².